The number of aliphatic hydroxyl groups excluding tert-OH is 1. The Morgan fingerprint density at radius 1 is 1.09 bits per heavy atom. The fourth-order valence-electron chi connectivity index (χ4n) is 5.18. The van der Waals surface area contributed by atoms with Crippen LogP contribution >= 0.6 is 0 Å². The number of benzene rings is 2. The Morgan fingerprint density at radius 3 is 2.66 bits per heavy atom. The first kappa shape index (κ1) is 20.8. The van der Waals surface area contributed by atoms with Gasteiger partial charge in [0.05, 0.1) is 29.4 Å². The van der Waals surface area contributed by atoms with Crippen LogP contribution in [0.25, 0.3) is 21.7 Å². The van der Waals surface area contributed by atoms with Crippen LogP contribution in [0.3, 0.4) is 0 Å². The summed E-state index contributed by atoms with van der Waals surface area (Å²) in [6.07, 6.45) is 7.69. The first-order valence-electron chi connectivity index (χ1n) is 11.7. The lowest BCUT2D eigenvalue weighted by Gasteiger charge is -2.29. The molecule has 2 heterocycles. The second-order valence-corrected chi connectivity index (χ2v) is 9.00. The molecule has 0 saturated heterocycles. The number of pyridine rings is 1. The van der Waals surface area contributed by atoms with Crippen molar-refractivity contribution < 1.29 is 9.67 Å². The van der Waals surface area contributed by atoms with E-state index in [-0.39, 0.29) is 11.6 Å². The highest BCUT2D eigenvalue weighted by Crippen LogP contribution is 2.30. The zero-order chi connectivity index (χ0) is 22.2. The third-order valence-electron chi connectivity index (χ3n) is 6.98. The average molecular weight is 429 g/mol. The number of aromatic nitrogens is 3. The monoisotopic (exact) mass is 428 g/mol. The molecule has 5 rings (SSSR count). The van der Waals surface area contributed by atoms with Crippen LogP contribution in [0.1, 0.15) is 55.5 Å². The van der Waals surface area contributed by atoms with Gasteiger partial charge in [-0.25, -0.2) is 9.55 Å². The topological polar surface area (TPSA) is 59.0 Å². The third kappa shape index (κ3) is 3.61. The SMILES string of the molecule is CC[n+]1cc(Cc2cc3c(=O)n(C4CCCCC4O)cnc3c3ccccc23)ccc1C. The summed E-state index contributed by atoms with van der Waals surface area (Å²) < 4.78 is 3.92. The molecular weight excluding hydrogens is 398 g/mol. The molecule has 0 spiro atoms. The molecule has 1 saturated carbocycles. The standard InChI is InChI=1S/C27H30N3O2/c1-3-29-16-19(13-12-18(29)2)14-20-15-23-26(22-9-5-4-8-21(20)22)28-17-30(27(23)32)24-10-6-7-11-25(24)31/h4-5,8-9,12-13,15-17,24-25,31H,3,6-7,10-11,14H2,1-2H3/q+1. The van der Waals surface area contributed by atoms with Gasteiger partial charge in [0.25, 0.3) is 5.56 Å². The predicted octanol–water partition coefficient (Wildman–Crippen LogP) is 4.23. The van der Waals surface area contributed by atoms with E-state index in [4.69, 9.17) is 4.98 Å². The molecule has 5 nitrogen and oxygen atoms in total. The van der Waals surface area contributed by atoms with Crippen LogP contribution < -0.4 is 10.1 Å². The lowest BCUT2D eigenvalue weighted by Crippen LogP contribution is -2.35. The maximum Gasteiger partial charge on any atom is 0.261 e. The molecule has 32 heavy (non-hydrogen) atoms. The Labute approximate surface area is 188 Å². The van der Waals surface area contributed by atoms with E-state index in [0.29, 0.717) is 5.39 Å². The first-order chi connectivity index (χ1) is 15.6. The maximum atomic E-state index is 13.6. The van der Waals surface area contributed by atoms with Gasteiger partial charge in [0.2, 0.25) is 0 Å². The molecule has 0 aliphatic heterocycles. The predicted molar refractivity (Wildman–Crippen MR) is 127 cm³/mol. The minimum atomic E-state index is -0.488. The summed E-state index contributed by atoms with van der Waals surface area (Å²) in [5.74, 6) is 0. The Balaban J connectivity index is 1.68. The van der Waals surface area contributed by atoms with Crippen molar-refractivity contribution in [2.75, 3.05) is 0 Å². The summed E-state index contributed by atoms with van der Waals surface area (Å²) in [5, 5.41) is 13.3. The van der Waals surface area contributed by atoms with Gasteiger partial charge in [-0.2, -0.15) is 0 Å². The van der Waals surface area contributed by atoms with Crippen molar-refractivity contribution >= 4 is 21.7 Å². The van der Waals surface area contributed by atoms with Gasteiger partial charge in [0.15, 0.2) is 11.9 Å². The first-order valence-corrected chi connectivity index (χ1v) is 11.7. The van der Waals surface area contributed by atoms with Crippen LogP contribution in [0.4, 0.5) is 0 Å². The van der Waals surface area contributed by atoms with E-state index in [2.05, 4.69) is 48.9 Å². The Bertz CT molecular complexity index is 1360. The normalized spacial score (nSPS) is 19.0. The molecule has 2 atom stereocenters. The minimum absolute atomic E-state index is 0.0551. The lowest BCUT2D eigenvalue weighted by atomic mass is 9.92. The minimum Gasteiger partial charge on any atom is -0.391 e. The van der Waals surface area contributed by atoms with Gasteiger partial charge in [-0.05, 0) is 42.8 Å². The molecule has 1 aliphatic rings. The maximum absolute atomic E-state index is 13.6. The molecule has 2 aromatic heterocycles. The van der Waals surface area contributed by atoms with E-state index >= 15 is 0 Å². The molecule has 164 valence electrons. The smallest absolute Gasteiger partial charge is 0.261 e. The molecule has 2 aromatic carbocycles. The Kier molecular flexibility index (Phi) is 5.51. The number of fused-ring (bicyclic) bond motifs is 3. The van der Waals surface area contributed by atoms with Crippen molar-refractivity contribution in [3.05, 3.63) is 82.2 Å². The summed E-state index contributed by atoms with van der Waals surface area (Å²) in [7, 11) is 0. The summed E-state index contributed by atoms with van der Waals surface area (Å²) in [6.45, 7) is 5.19. The van der Waals surface area contributed by atoms with Crippen molar-refractivity contribution in [3.63, 3.8) is 0 Å². The number of aliphatic hydroxyl groups is 1. The molecule has 1 fully saturated rings. The molecule has 2 unspecified atom stereocenters. The van der Waals surface area contributed by atoms with Crippen LogP contribution in [0.15, 0.2) is 59.8 Å². The summed E-state index contributed by atoms with van der Waals surface area (Å²) in [6, 6.07) is 14.4. The van der Waals surface area contributed by atoms with Gasteiger partial charge in [0.1, 0.15) is 6.54 Å². The van der Waals surface area contributed by atoms with Crippen LogP contribution in [0, 0.1) is 6.92 Å². The van der Waals surface area contributed by atoms with Crippen molar-refractivity contribution in [1.82, 2.24) is 9.55 Å². The number of rotatable bonds is 4. The zero-order valence-corrected chi connectivity index (χ0v) is 18.8. The summed E-state index contributed by atoms with van der Waals surface area (Å²) >= 11 is 0. The van der Waals surface area contributed by atoms with E-state index < -0.39 is 6.10 Å². The van der Waals surface area contributed by atoms with Crippen LogP contribution in [-0.2, 0) is 13.0 Å². The second kappa shape index (κ2) is 8.47. The number of hydrogen-bond donors (Lipinski definition) is 1. The van der Waals surface area contributed by atoms with Gasteiger partial charge in [-0.3, -0.25) is 9.36 Å². The molecule has 0 bridgehead atoms. The van der Waals surface area contributed by atoms with Gasteiger partial charge in [-0.15, -0.1) is 0 Å². The Hall–Kier alpha value is -3.05. The highest BCUT2D eigenvalue weighted by atomic mass is 16.3. The molecular formula is C27H30N3O2+. The van der Waals surface area contributed by atoms with Gasteiger partial charge < -0.3 is 5.11 Å². The molecule has 5 heteroatoms. The van der Waals surface area contributed by atoms with E-state index in [1.54, 1.807) is 10.9 Å². The highest BCUT2D eigenvalue weighted by Gasteiger charge is 2.26. The molecule has 0 radical (unpaired) electrons. The van der Waals surface area contributed by atoms with E-state index in [9.17, 15) is 9.90 Å². The second-order valence-electron chi connectivity index (χ2n) is 9.00. The number of aryl methyl sites for hydroxylation is 2. The lowest BCUT2D eigenvalue weighted by molar-refractivity contribution is -0.699. The van der Waals surface area contributed by atoms with Crippen LogP contribution in [0.5, 0.6) is 0 Å². The largest absolute Gasteiger partial charge is 0.391 e. The molecule has 1 N–H and O–H groups in total. The van der Waals surface area contributed by atoms with Crippen molar-refractivity contribution in [1.29, 1.82) is 0 Å². The van der Waals surface area contributed by atoms with Gasteiger partial charge in [-0.1, -0.05) is 37.1 Å². The number of nitrogens with zero attached hydrogens (tertiary/aromatic N) is 3. The quantitative estimate of drug-likeness (QED) is 0.391. The van der Waals surface area contributed by atoms with Gasteiger partial charge in [0, 0.05) is 30.4 Å². The highest BCUT2D eigenvalue weighted by molar-refractivity contribution is 6.06. The zero-order valence-electron chi connectivity index (χ0n) is 18.8. The molecule has 1 aliphatic carbocycles. The Morgan fingerprint density at radius 2 is 1.88 bits per heavy atom. The van der Waals surface area contributed by atoms with Crippen molar-refractivity contribution in [2.45, 2.75) is 64.6 Å². The molecule has 4 aromatic rings. The van der Waals surface area contributed by atoms with Crippen molar-refractivity contribution in [2.24, 2.45) is 0 Å². The van der Waals surface area contributed by atoms with Gasteiger partial charge >= 0.3 is 0 Å². The fraction of sp³-hybridized carbons (Fsp3) is 0.370. The average Bonchev–Trinajstić information content (AvgIpc) is 2.81. The summed E-state index contributed by atoms with van der Waals surface area (Å²) in [4.78, 5) is 18.3. The van der Waals surface area contributed by atoms with E-state index in [1.165, 1.54) is 11.3 Å². The van der Waals surface area contributed by atoms with E-state index in [1.807, 2.05) is 18.2 Å². The fourth-order valence-corrected chi connectivity index (χ4v) is 5.18. The number of hydrogen-bond acceptors (Lipinski definition) is 3. The van der Waals surface area contributed by atoms with Crippen molar-refractivity contribution in [3.8, 4) is 0 Å². The van der Waals surface area contributed by atoms with Crippen LogP contribution in [-0.4, -0.2) is 20.8 Å². The summed E-state index contributed by atoms with van der Waals surface area (Å²) in [5.41, 5.74) is 4.26. The van der Waals surface area contributed by atoms with Crippen LogP contribution in [0.2, 0.25) is 0 Å². The van der Waals surface area contributed by atoms with E-state index in [0.717, 1.165) is 60.5 Å². The third-order valence-corrected chi connectivity index (χ3v) is 6.98. The molecule has 0 amide bonds.